The normalized spacial score (nSPS) is 20.2. The number of ether oxygens (including phenoxy) is 1. The van der Waals surface area contributed by atoms with E-state index in [1.54, 1.807) is 7.11 Å². The Hall–Kier alpha value is -1.02. The molecule has 2 unspecified atom stereocenters. The van der Waals surface area contributed by atoms with E-state index >= 15 is 0 Å². The van der Waals surface area contributed by atoms with Gasteiger partial charge in [-0.3, -0.25) is 4.99 Å². The number of aliphatic hydroxyl groups excluding tert-OH is 1. The number of halogens is 1. The Morgan fingerprint density at radius 3 is 2.73 bits per heavy atom. The van der Waals surface area contributed by atoms with Crippen molar-refractivity contribution in [2.24, 2.45) is 16.6 Å². The van der Waals surface area contributed by atoms with Crippen molar-refractivity contribution in [3.8, 4) is 5.75 Å². The van der Waals surface area contributed by atoms with Gasteiger partial charge in [-0.15, -0.1) is 24.0 Å². The van der Waals surface area contributed by atoms with Crippen LogP contribution >= 0.6 is 24.0 Å². The molecule has 1 aromatic rings. The number of rotatable bonds is 4. The minimum Gasteiger partial charge on any atom is -0.497 e. The first-order valence-corrected chi connectivity index (χ1v) is 7.47. The van der Waals surface area contributed by atoms with Crippen molar-refractivity contribution in [1.82, 2.24) is 4.90 Å². The number of nitrogens with zero attached hydrogens (tertiary/aromatic N) is 2. The van der Waals surface area contributed by atoms with E-state index in [1.165, 1.54) is 6.42 Å². The lowest BCUT2D eigenvalue weighted by molar-refractivity contribution is 0.186. The summed E-state index contributed by atoms with van der Waals surface area (Å²) in [6.07, 6.45) is 1.76. The standard InChI is InChI=1S/C16H25N3O2.HI/c1-12-4-3-9-19(11-12)16(17)18-10-15(20)13-5-7-14(21-2)8-6-13;/h5-8,12,15,20H,3-4,9-11H2,1-2H3,(H2,17,18);1H. The molecule has 3 N–H and O–H groups in total. The van der Waals surface area contributed by atoms with Crippen LogP contribution in [0.1, 0.15) is 31.4 Å². The number of methoxy groups -OCH3 is 1. The molecule has 1 aliphatic rings. The van der Waals surface area contributed by atoms with Crippen LogP contribution in [-0.4, -0.2) is 42.7 Å². The van der Waals surface area contributed by atoms with Crippen molar-refractivity contribution in [3.05, 3.63) is 29.8 Å². The Morgan fingerprint density at radius 1 is 1.45 bits per heavy atom. The number of likely N-dealkylation sites (tertiary alicyclic amines) is 1. The maximum absolute atomic E-state index is 10.2. The number of aliphatic hydroxyl groups is 1. The maximum atomic E-state index is 10.2. The molecule has 0 amide bonds. The van der Waals surface area contributed by atoms with E-state index in [1.807, 2.05) is 24.3 Å². The predicted octanol–water partition coefficient (Wildman–Crippen LogP) is 2.39. The highest BCUT2D eigenvalue weighted by molar-refractivity contribution is 14.0. The number of guanidine groups is 1. The second kappa shape index (κ2) is 9.19. The molecule has 0 radical (unpaired) electrons. The van der Waals surface area contributed by atoms with Crippen molar-refractivity contribution in [1.29, 1.82) is 0 Å². The molecule has 1 heterocycles. The third-order valence-corrected chi connectivity index (χ3v) is 3.91. The molecule has 0 aliphatic carbocycles. The fourth-order valence-electron chi connectivity index (χ4n) is 2.61. The maximum Gasteiger partial charge on any atom is 0.191 e. The Labute approximate surface area is 149 Å². The first-order valence-electron chi connectivity index (χ1n) is 7.47. The molecule has 124 valence electrons. The van der Waals surface area contributed by atoms with Crippen LogP contribution in [0, 0.1) is 5.92 Å². The molecule has 1 aliphatic heterocycles. The third-order valence-electron chi connectivity index (χ3n) is 3.91. The molecule has 5 nitrogen and oxygen atoms in total. The van der Waals surface area contributed by atoms with Crippen LogP contribution in [0.25, 0.3) is 0 Å². The second-order valence-electron chi connectivity index (χ2n) is 5.68. The number of aliphatic imine (C=N–C) groups is 1. The summed E-state index contributed by atoms with van der Waals surface area (Å²) in [4.78, 5) is 6.45. The van der Waals surface area contributed by atoms with Gasteiger partial charge in [-0.2, -0.15) is 0 Å². The van der Waals surface area contributed by atoms with Gasteiger partial charge in [0.05, 0.1) is 19.8 Å². The van der Waals surface area contributed by atoms with E-state index in [9.17, 15) is 5.11 Å². The van der Waals surface area contributed by atoms with Gasteiger partial charge in [0.2, 0.25) is 0 Å². The lowest BCUT2D eigenvalue weighted by atomic mass is 10.0. The van der Waals surface area contributed by atoms with Crippen LogP contribution < -0.4 is 10.5 Å². The molecule has 1 saturated heterocycles. The van der Waals surface area contributed by atoms with Gasteiger partial charge >= 0.3 is 0 Å². The van der Waals surface area contributed by atoms with Crippen LogP contribution in [0.3, 0.4) is 0 Å². The molecule has 0 spiro atoms. The van der Waals surface area contributed by atoms with E-state index in [0.717, 1.165) is 30.8 Å². The molecule has 0 saturated carbocycles. The summed E-state index contributed by atoms with van der Waals surface area (Å²) in [5.41, 5.74) is 6.85. The largest absolute Gasteiger partial charge is 0.497 e. The summed E-state index contributed by atoms with van der Waals surface area (Å²) in [6, 6.07) is 7.35. The highest BCUT2D eigenvalue weighted by Gasteiger charge is 2.18. The topological polar surface area (TPSA) is 71.1 Å². The van der Waals surface area contributed by atoms with Crippen LogP contribution in [0.2, 0.25) is 0 Å². The molecule has 22 heavy (non-hydrogen) atoms. The fraction of sp³-hybridized carbons (Fsp3) is 0.562. The summed E-state index contributed by atoms with van der Waals surface area (Å²) in [6.45, 7) is 4.42. The van der Waals surface area contributed by atoms with Crippen LogP contribution in [0.4, 0.5) is 0 Å². The predicted molar refractivity (Wildman–Crippen MR) is 99.8 cm³/mol. The van der Waals surface area contributed by atoms with Crippen molar-refractivity contribution in [3.63, 3.8) is 0 Å². The first-order chi connectivity index (χ1) is 10.1. The molecular weight excluding hydrogens is 393 g/mol. The Morgan fingerprint density at radius 2 is 2.14 bits per heavy atom. The van der Waals surface area contributed by atoms with E-state index in [2.05, 4.69) is 16.8 Å². The molecule has 1 fully saturated rings. The monoisotopic (exact) mass is 419 g/mol. The number of piperidine rings is 1. The number of benzene rings is 1. The molecule has 2 rings (SSSR count). The third kappa shape index (κ3) is 5.31. The van der Waals surface area contributed by atoms with Gasteiger partial charge in [0, 0.05) is 13.1 Å². The second-order valence-corrected chi connectivity index (χ2v) is 5.68. The van der Waals surface area contributed by atoms with Gasteiger partial charge in [0.1, 0.15) is 5.75 Å². The van der Waals surface area contributed by atoms with E-state index in [4.69, 9.17) is 10.5 Å². The molecule has 0 bridgehead atoms. The van der Waals surface area contributed by atoms with Crippen molar-refractivity contribution in [2.75, 3.05) is 26.7 Å². The van der Waals surface area contributed by atoms with Crippen LogP contribution in [0.5, 0.6) is 5.75 Å². The van der Waals surface area contributed by atoms with Crippen LogP contribution in [-0.2, 0) is 0 Å². The van der Waals surface area contributed by atoms with Crippen LogP contribution in [0.15, 0.2) is 29.3 Å². The quantitative estimate of drug-likeness (QED) is 0.447. The Bertz CT molecular complexity index is 479. The lowest BCUT2D eigenvalue weighted by Crippen LogP contribution is -2.43. The van der Waals surface area contributed by atoms with E-state index in [0.29, 0.717) is 11.9 Å². The first kappa shape index (κ1) is 19.0. The van der Waals surface area contributed by atoms with Crippen molar-refractivity contribution in [2.45, 2.75) is 25.9 Å². The van der Waals surface area contributed by atoms with E-state index in [-0.39, 0.29) is 30.5 Å². The van der Waals surface area contributed by atoms with Gasteiger partial charge in [-0.1, -0.05) is 19.1 Å². The van der Waals surface area contributed by atoms with Gasteiger partial charge < -0.3 is 20.5 Å². The average Bonchev–Trinajstić information content (AvgIpc) is 2.52. The summed E-state index contributed by atoms with van der Waals surface area (Å²) in [7, 11) is 1.62. The van der Waals surface area contributed by atoms with E-state index < -0.39 is 6.10 Å². The van der Waals surface area contributed by atoms with Gasteiger partial charge in [-0.05, 0) is 36.5 Å². The minimum atomic E-state index is -0.642. The smallest absolute Gasteiger partial charge is 0.191 e. The SMILES string of the molecule is COc1ccc(C(O)CN=C(N)N2CCCC(C)C2)cc1.I. The highest BCUT2D eigenvalue weighted by Crippen LogP contribution is 2.18. The Kier molecular flexibility index (Phi) is 7.95. The van der Waals surface area contributed by atoms with Gasteiger partial charge in [-0.25, -0.2) is 0 Å². The summed E-state index contributed by atoms with van der Waals surface area (Å²) in [5.74, 6) is 1.96. The zero-order valence-corrected chi connectivity index (χ0v) is 15.6. The minimum absolute atomic E-state index is 0. The molecule has 0 aromatic heterocycles. The number of nitrogens with two attached hydrogens (primary N) is 1. The highest BCUT2D eigenvalue weighted by atomic mass is 127. The average molecular weight is 419 g/mol. The molecule has 2 atom stereocenters. The molecule has 6 heteroatoms. The number of hydrogen-bond donors (Lipinski definition) is 2. The van der Waals surface area contributed by atoms with Gasteiger partial charge in [0.15, 0.2) is 5.96 Å². The van der Waals surface area contributed by atoms with Gasteiger partial charge in [0.25, 0.3) is 0 Å². The van der Waals surface area contributed by atoms with Crippen molar-refractivity contribution >= 4 is 29.9 Å². The lowest BCUT2D eigenvalue weighted by Gasteiger charge is -2.31. The summed E-state index contributed by atoms with van der Waals surface area (Å²) in [5, 5.41) is 10.2. The van der Waals surface area contributed by atoms with Crippen molar-refractivity contribution < 1.29 is 9.84 Å². The number of hydrogen-bond acceptors (Lipinski definition) is 3. The Balaban J connectivity index is 0.00000242. The molecular formula is C16H26IN3O2. The zero-order chi connectivity index (χ0) is 15.2. The zero-order valence-electron chi connectivity index (χ0n) is 13.2. The summed E-state index contributed by atoms with van der Waals surface area (Å²) < 4.78 is 5.10. The fourth-order valence-corrected chi connectivity index (χ4v) is 2.61. The summed E-state index contributed by atoms with van der Waals surface area (Å²) >= 11 is 0. The molecule has 1 aromatic carbocycles.